The van der Waals surface area contributed by atoms with Gasteiger partial charge < -0.3 is 28.9 Å². The van der Waals surface area contributed by atoms with Crippen LogP contribution in [0.15, 0.2) is 218 Å². The van der Waals surface area contributed by atoms with Crippen molar-refractivity contribution in [3.8, 4) is 34.5 Å². The quantitative estimate of drug-likeness (QED) is 0.165. The highest BCUT2D eigenvalue weighted by molar-refractivity contribution is 7.03. The maximum absolute atomic E-state index is 7.17. The highest BCUT2D eigenvalue weighted by Gasteiger charge is 2.49. The molecule has 16 rings (SSSR count). The molecule has 318 valence electrons. The van der Waals surface area contributed by atoms with Gasteiger partial charge in [-0.25, -0.2) is 0 Å². The van der Waals surface area contributed by atoms with Crippen LogP contribution >= 0.6 is 0 Å². The molecule has 69 heavy (non-hydrogen) atoms. The van der Waals surface area contributed by atoms with Crippen LogP contribution in [0.4, 0.5) is 51.2 Å². The first kappa shape index (κ1) is 37.3. The van der Waals surface area contributed by atoms with Gasteiger partial charge in [0.2, 0.25) is 0 Å². The van der Waals surface area contributed by atoms with Crippen molar-refractivity contribution in [1.82, 2.24) is 0 Å². The fraction of sp³-hybridized carbons (Fsp3) is 0. The van der Waals surface area contributed by atoms with Crippen LogP contribution in [-0.4, -0.2) is 20.1 Å². The van der Waals surface area contributed by atoms with Gasteiger partial charge in [-0.2, -0.15) is 0 Å². The van der Waals surface area contributed by atoms with Crippen LogP contribution in [0.1, 0.15) is 0 Å². The molecule has 0 spiro atoms. The summed E-state index contributed by atoms with van der Waals surface area (Å²) in [4.78, 5) is 7.18. The van der Waals surface area contributed by atoms with Gasteiger partial charge in [0.15, 0.2) is 0 Å². The van der Waals surface area contributed by atoms with Crippen molar-refractivity contribution in [2.75, 3.05) is 14.7 Å². The van der Waals surface area contributed by atoms with Gasteiger partial charge in [-0.05, 0) is 134 Å². The molecule has 0 N–H and O–H groups in total. The van der Waals surface area contributed by atoms with Gasteiger partial charge in [0.25, 0.3) is 20.1 Å². The largest absolute Gasteiger partial charge is 0.458 e. The van der Waals surface area contributed by atoms with Gasteiger partial charge in [0.1, 0.15) is 34.5 Å². The van der Waals surface area contributed by atoms with E-state index < -0.39 is 0 Å². The fourth-order valence-electron chi connectivity index (χ4n) is 12.5. The molecule has 0 bridgehead atoms. The summed E-state index contributed by atoms with van der Waals surface area (Å²) in [6.07, 6.45) is 0. The number of nitrogens with zero attached hydrogens (tertiary/aromatic N) is 3. The van der Waals surface area contributed by atoms with E-state index >= 15 is 0 Å². The van der Waals surface area contributed by atoms with E-state index in [9.17, 15) is 0 Å². The molecule has 0 fully saturated rings. The summed E-state index contributed by atoms with van der Waals surface area (Å²) in [5, 5.41) is 0. The summed E-state index contributed by atoms with van der Waals surface area (Å²) in [5.74, 6) is 5.08. The second kappa shape index (κ2) is 13.9. The molecule has 6 aliphatic heterocycles. The van der Waals surface area contributed by atoms with Gasteiger partial charge in [0, 0.05) is 63.3 Å². The zero-order chi connectivity index (χ0) is 44.9. The van der Waals surface area contributed by atoms with Crippen molar-refractivity contribution in [2.45, 2.75) is 0 Å². The third-order valence-corrected chi connectivity index (χ3v) is 15.2. The van der Waals surface area contributed by atoms with Crippen LogP contribution in [0.2, 0.25) is 0 Å². The fourth-order valence-corrected chi connectivity index (χ4v) is 12.5. The van der Waals surface area contributed by atoms with E-state index in [1.807, 2.05) is 0 Å². The minimum atomic E-state index is -0.168. The highest BCUT2D eigenvalue weighted by atomic mass is 16.5. The van der Waals surface area contributed by atoms with Crippen LogP contribution in [0.5, 0.6) is 34.5 Å². The third kappa shape index (κ3) is 5.08. The number of fused-ring (bicyclic) bond motifs is 12. The summed E-state index contributed by atoms with van der Waals surface area (Å²) in [6.45, 7) is -0.307. The second-order valence-corrected chi connectivity index (χ2v) is 18.7. The highest BCUT2D eigenvalue weighted by Crippen LogP contribution is 2.46. The molecule has 0 saturated heterocycles. The van der Waals surface area contributed by atoms with Crippen LogP contribution in [0.25, 0.3) is 0 Å². The predicted octanol–water partition coefficient (Wildman–Crippen LogP) is 8.90. The Morgan fingerprint density at radius 1 is 0.232 bits per heavy atom. The van der Waals surface area contributed by atoms with E-state index in [1.165, 1.54) is 38.7 Å². The lowest BCUT2D eigenvalue weighted by atomic mass is 9.29. The number of benzene rings is 10. The Morgan fingerprint density at radius 2 is 0.565 bits per heavy atom. The lowest BCUT2D eigenvalue weighted by molar-refractivity contribution is 0.465. The first-order valence-electron chi connectivity index (χ1n) is 23.8. The first-order chi connectivity index (χ1) is 34.2. The summed E-state index contributed by atoms with van der Waals surface area (Å²) in [7, 11) is 0. The lowest BCUT2D eigenvalue weighted by Crippen LogP contribution is -2.64. The predicted molar refractivity (Wildman–Crippen MR) is 284 cm³/mol. The Bertz CT molecular complexity index is 3830. The third-order valence-electron chi connectivity index (χ3n) is 15.2. The molecule has 10 aromatic carbocycles. The molecule has 6 aliphatic rings. The first-order valence-corrected chi connectivity index (χ1v) is 23.8. The van der Waals surface area contributed by atoms with E-state index in [4.69, 9.17) is 14.2 Å². The molecule has 9 heteroatoms. The number of rotatable bonds is 3. The van der Waals surface area contributed by atoms with Crippen LogP contribution in [-0.2, 0) is 0 Å². The molecule has 6 nitrogen and oxygen atoms in total. The van der Waals surface area contributed by atoms with E-state index in [1.54, 1.807) is 0 Å². The summed E-state index contributed by atoms with van der Waals surface area (Å²) < 4.78 is 21.3. The number of para-hydroxylation sites is 5. The monoisotopic (exact) mass is 879 g/mol. The Labute approximate surface area is 400 Å². The Hall–Kier alpha value is -8.81. The topological polar surface area (TPSA) is 37.4 Å². The molecular weight excluding hydrogens is 843 g/mol. The van der Waals surface area contributed by atoms with Crippen molar-refractivity contribution >= 4 is 120 Å². The van der Waals surface area contributed by atoms with Gasteiger partial charge in [-0.15, -0.1) is 0 Å². The second-order valence-electron chi connectivity index (χ2n) is 18.7. The number of ether oxygens (including phenoxy) is 3. The van der Waals surface area contributed by atoms with E-state index in [0.29, 0.717) is 0 Å². The minimum Gasteiger partial charge on any atom is -0.458 e. The molecule has 0 aliphatic carbocycles. The zero-order valence-corrected chi connectivity index (χ0v) is 37.1. The molecule has 0 unspecified atom stereocenters. The van der Waals surface area contributed by atoms with Crippen molar-refractivity contribution in [2.24, 2.45) is 0 Å². The maximum atomic E-state index is 7.17. The Kier molecular flexibility index (Phi) is 7.50. The number of hydrogen-bond donors (Lipinski definition) is 0. The normalized spacial score (nSPS) is 14.3. The van der Waals surface area contributed by atoms with Crippen LogP contribution in [0, 0.1) is 0 Å². The average molecular weight is 879 g/mol. The van der Waals surface area contributed by atoms with Gasteiger partial charge >= 0.3 is 0 Å². The molecule has 6 heterocycles. The molecular formula is C60H36B3N3O3. The Balaban J connectivity index is 0.937. The molecule has 0 amide bonds. The van der Waals surface area contributed by atoms with Crippen LogP contribution in [0.3, 0.4) is 0 Å². The van der Waals surface area contributed by atoms with E-state index in [2.05, 4.69) is 233 Å². The standard InChI is InChI=1S/C60H36B3N3O3/c1-4-17-37(18-5-1)64-46-25-12-10-23-40(46)61-43-33-42-51(35-55(43)67-52-30-14-27-48(64)58(52)61)66(39-21-8-3-9-22-39)50-29-16-32-54-60(50)63(42)45-34-44-56(36-57(45)69-54)68-53-31-15-28-49-59(53)62(44)41-24-11-13-26-47(41)65(49)38-19-6-2-7-20-38/h1-36H. The van der Waals surface area contributed by atoms with Gasteiger partial charge in [-0.3, -0.25) is 0 Å². The van der Waals surface area contributed by atoms with E-state index in [-0.39, 0.29) is 20.1 Å². The summed E-state index contributed by atoms with van der Waals surface area (Å²) >= 11 is 0. The lowest BCUT2D eigenvalue weighted by Gasteiger charge is -2.43. The molecule has 0 saturated carbocycles. The van der Waals surface area contributed by atoms with Crippen LogP contribution < -0.4 is 78.1 Å². The zero-order valence-electron chi connectivity index (χ0n) is 37.1. The summed E-state index contributed by atoms with van der Waals surface area (Å²) in [6, 6.07) is 78.6. The van der Waals surface area contributed by atoms with E-state index in [0.717, 1.165) is 96.2 Å². The molecule has 10 aromatic rings. The van der Waals surface area contributed by atoms with Crippen molar-refractivity contribution in [3.05, 3.63) is 218 Å². The van der Waals surface area contributed by atoms with Crippen molar-refractivity contribution < 1.29 is 14.2 Å². The molecule has 0 aromatic heterocycles. The number of hydrogen-bond acceptors (Lipinski definition) is 6. The minimum absolute atomic E-state index is 0.0688. The van der Waals surface area contributed by atoms with Gasteiger partial charge in [0.05, 0.1) is 0 Å². The van der Waals surface area contributed by atoms with Crippen molar-refractivity contribution in [1.29, 1.82) is 0 Å². The van der Waals surface area contributed by atoms with Crippen molar-refractivity contribution in [3.63, 3.8) is 0 Å². The SMILES string of the molecule is c1ccc(N2c3ccccc3B3c4cc5c(cc4Oc4cccc2c43)Oc2cccc3c2B5c2cc4c(cc2N3c2ccccc2)Oc2cccc3c2B4c2ccccc2N3c2ccccc2)cc1. The average Bonchev–Trinajstić information content (AvgIpc) is 3.40. The Morgan fingerprint density at radius 3 is 1.00 bits per heavy atom. The molecule has 0 radical (unpaired) electrons. The maximum Gasteiger partial charge on any atom is 0.256 e. The molecule has 0 atom stereocenters. The summed E-state index contributed by atoms with van der Waals surface area (Å²) in [5.41, 5.74) is 20.7. The number of anilines is 9. The van der Waals surface area contributed by atoms with Gasteiger partial charge in [-0.1, -0.05) is 121 Å². The smallest absolute Gasteiger partial charge is 0.256 e.